The summed E-state index contributed by atoms with van der Waals surface area (Å²) in [5.74, 6) is 0.114. The molecular weight excluding hydrogens is 292 g/mol. The summed E-state index contributed by atoms with van der Waals surface area (Å²) in [6.45, 7) is 6.21. The lowest BCUT2D eigenvalue weighted by Gasteiger charge is -2.26. The van der Waals surface area contributed by atoms with Gasteiger partial charge in [0.25, 0.3) is 0 Å². The number of fused-ring (bicyclic) bond motifs is 1. The van der Waals surface area contributed by atoms with Crippen LogP contribution in [-0.2, 0) is 9.53 Å². The molecule has 0 aliphatic carbocycles. The van der Waals surface area contributed by atoms with Gasteiger partial charge in [0, 0.05) is 24.5 Å². The number of ether oxygens (including phenoxy) is 1. The Morgan fingerprint density at radius 1 is 1.17 bits per heavy atom. The first-order valence-electron chi connectivity index (χ1n) is 8.00. The van der Waals surface area contributed by atoms with Gasteiger partial charge in [-0.15, -0.1) is 0 Å². The van der Waals surface area contributed by atoms with Crippen LogP contribution in [0.2, 0.25) is 0 Å². The van der Waals surface area contributed by atoms with Gasteiger partial charge < -0.3 is 9.64 Å². The molecule has 5 nitrogen and oxygen atoms in total. The highest BCUT2D eigenvalue weighted by molar-refractivity contribution is 6.06. The highest BCUT2D eigenvalue weighted by atomic mass is 16.6. The van der Waals surface area contributed by atoms with Crippen LogP contribution in [0.25, 0.3) is 10.9 Å². The third-order valence-corrected chi connectivity index (χ3v) is 3.90. The zero-order valence-corrected chi connectivity index (χ0v) is 13.8. The van der Waals surface area contributed by atoms with Crippen LogP contribution >= 0.6 is 0 Å². The number of piperidine rings is 1. The van der Waals surface area contributed by atoms with Crippen molar-refractivity contribution in [3.05, 3.63) is 30.5 Å². The topological polar surface area (TPSA) is 51.5 Å². The predicted octanol–water partition coefficient (Wildman–Crippen LogP) is 3.94. The van der Waals surface area contributed by atoms with E-state index in [0.29, 0.717) is 13.0 Å². The summed E-state index contributed by atoms with van der Waals surface area (Å²) >= 11 is 0. The van der Waals surface area contributed by atoms with Crippen molar-refractivity contribution in [2.75, 3.05) is 11.4 Å². The fourth-order valence-electron chi connectivity index (χ4n) is 2.90. The Bertz CT molecular complexity index is 755. The van der Waals surface area contributed by atoms with E-state index in [1.807, 2.05) is 45.0 Å². The van der Waals surface area contributed by atoms with E-state index < -0.39 is 11.7 Å². The van der Waals surface area contributed by atoms with Gasteiger partial charge in [0.2, 0.25) is 5.91 Å². The normalized spacial score (nSPS) is 16.0. The molecule has 0 atom stereocenters. The molecule has 5 heteroatoms. The number of anilines is 1. The van der Waals surface area contributed by atoms with Crippen molar-refractivity contribution in [3.63, 3.8) is 0 Å². The van der Waals surface area contributed by atoms with Crippen LogP contribution in [0.4, 0.5) is 10.5 Å². The lowest BCUT2D eigenvalue weighted by molar-refractivity contribution is -0.119. The van der Waals surface area contributed by atoms with E-state index in [1.54, 1.807) is 11.1 Å². The van der Waals surface area contributed by atoms with E-state index in [0.717, 1.165) is 29.4 Å². The van der Waals surface area contributed by atoms with Crippen LogP contribution in [0, 0.1) is 0 Å². The molecule has 0 unspecified atom stereocenters. The summed E-state index contributed by atoms with van der Waals surface area (Å²) < 4.78 is 6.98. The first-order chi connectivity index (χ1) is 10.9. The first kappa shape index (κ1) is 15.6. The molecule has 1 fully saturated rings. The van der Waals surface area contributed by atoms with E-state index >= 15 is 0 Å². The third-order valence-electron chi connectivity index (χ3n) is 3.90. The van der Waals surface area contributed by atoms with Crippen LogP contribution in [0.1, 0.15) is 40.0 Å². The Balaban J connectivity index is 2.06. The number of carbonyl (C=O) groups is 2. The van der Waals surface area contributed by atoms with Crippen LogP contribution < -0.4 is 4.90 Å². The van der Waals surface area contributed by atoms with E-state index in [2.05, 4.69) is 0 Å². The van der Waals surface area contributed by atoms with Crippen LogP contribution in [-0.4, -0.2) is 28.7 Å². The molecule has 0 radical (unpaired) electrons. The minimum absolute atomic E-state index is 0.114. The molecule has 2 heterocycles. The summed E-state index contributed by atoms with van der Waals surface area (Å²) in [6.07, 6.45) is 3.77. The third kappa shape index (κ3) is 3.09. The lowest BCUT2D eigenvalue weighted by Crippen LogP contribution is -2.35. The Morgan fingerprint density at radius 2 is 1.91 bits per heavy atom. The Morgan fingerprint density at radius 3 is 2.61 bits per heavy atom. The van der Waals surface area contributed by atoms with Crippen molar-refractivity contribution in [1.29, 1.82) is 0 Å². The van der Waals surface area contributed by atoms with E-state index in [4.69, 9.17) is 4.74 Å². The molecule has 1 aromatic heterocycles. The van der Waals surface area contributed by atoms with Crippen LogP contribution in [0.15, 0.2) is 30.5 Å². The Hall–Kier alpha value is -2.30. The van der Waals surface area contributed by atoms with Crippen molar-refractivity contribution in [1.82, 2.24) is 4.57 Å². The van der Waals surface area contributed by atoms with Crippen molar-refractivity contribution >= 4 is 28.6 Å². The number of para-hydroxylation sites is 1. The molecule has 1 saturated heterocycles. The highest BCUT2D eigenvalue weighted by Gasteiger charge is 2.26. The second kappa shape index (κ2) is 5.72. The first-order valence-corrected chi connectivity index (χ1v) is 8.00. The number of rotatable bonds is 1. The molecule has 1 aliphatic rings. The van der Waals surface area contributed by atoms with Gasteiger partial charge in [-0.05, 0) is 39.7 Å². The van der Waals surface area contributed by atoms with Gasteiger partial charge in [0.1, 0.15) is 5.60 Å². The number of carbonyl (C=O) groups excluding carboxylic acids is 2. The molecule has 1 aromatic carbocycles. The van der Waals surface area contributed by atoms with Crippen LogP contribution in [0.3, 0.4) is 0 Å². The monoisotopic (exact) mass is 314 g/mol. The average Bonchev–Trinajstić information content (AvgIpc) is 2.86. The molecule has 122 valence electrons. The molecule has 0 saturated carbocycles. The Labute approximate surface area is 135 Å². The fraction of sp³-hybridized carbons (Fsp3) is 0.444. The molecule has 1 amide bonds. The van der Waals surface area contributed by atoms with Gasteiger partial charge in [-0.2, -0.15) is 0 Å². The number of hydrogen-bond donors (Lipinski definition) is 0. The largest absolute Gasteiger partial charge is 0.443 e. The quantitative estimate of drug-likeness (QED) is 0.801. The number of aromatic nitrogens is 1. The maximum Gasteiger partial charge on any atom is 0.419 e. The highest BCUT2D eigenvalue weighted by Crippen LogP contribution is 2.32. The van der Waals surface area contributed by atoms with Gasteiger partial charge in [-0.3, -0.25) is 9.36 Å². The number of nitrogens with zero attached hydrogens (tertiary/aromatic N) is 2. The van der Waals surface area contributed by atoms with Gasteiger partial charge in [-0.1, -0.05) is 18.2 Å². The second-order valence-corrected chi connectivity index (χ2v) is 6.88. The van der Waals surface area contributed by atoms with Crippen molar-refractivity contribution in [2.45, 2.75) is 45.6 Å². The van der Waals surface area contributed by atoms with E-state index in [1.165, 1.54) is 4.57 Å². The maximum absolute atomic E-state index is 12.5. The molecule has 23 heavy (non-hydrogen) atoms. The lowest BCUT2D eigenvalue weighted by atomic mass is 10.1. The minimum Gasteiger partial charge on any atom is -0.443 e. The molecule has 2 aromatic rings. The Kier molecular flexibility index (Phi) is 3.88. The summed E-state index contributed by atoms with van der Waals surface area (Å²) in [4.78, 5) is 26.5. The fourth-order valence-corrected chi connectivity index (χ4v) is 2.90. The molecule has 0 spiro atoms. The summed E-state index contributed by atoms with van der Waals surface area (Å²) in [6, 6.07) is 7.61. The summed E-state index contributed by atoms with van der Waals surface area (Å²) in [7, 11) is 0. The molecular formula is C18H22N2O3. The van der Waals surface area contributed by atoms with Gasteiger partial charge in [0.15, 0.2) is 0 Å². The van der Waals surface area contributed by atoms with Crippen LogP contribution in [0.5, 0.6) is 0 Å². The van der Waals surface area contributed by atoms with Gasteiger partial charge in [-0.25, -0.2) is 4.79 Å². The van der Waals surface area contributed by atoms with E-state index in [9.17, 15) is 9.59 Å². The number of amides is 1. The smallest absolute Gasteiger partial charge is 0.419 e. The predicted molar refractivity (Wildman–Crippen MR) is 89.8 cm³/mol. The minimum atomic E-state index is -0.566. The maximum atomic E-state index is 12.5. The second-order valence-electron chi connectivity index (χ2n) is 6.88. The van der Waals surface area contributed by atoms with Crippen molar-refractivity contribution in [2.24, 2.45) is 0 Å². The average molecular weight is 314 g/mol. The summed E-state index contributed by atoms with van der Waals surface area (Å²) in [5, 5.41) is 0.897. The van der Waals surface area contributed by atoms with Crippen molar-refractivity contribution in [3.8, 4) is 0 Å². The SMILES string of the molecule is CC(C)(C)OC(=O)n1cc(N2CCCCC2=O)c2ccccc21. The van der Waals surface area contributed by atoms with Gasteiger partial charge in [0.05, 0.1) is 11.2 Å². The van der Waals surface area contributed by atoms with Gasteiger partial charge >= 0.3 is 6.09 Å². The number of benzene rings is 1. The molecule has 0 bridgehead atoms. The zero-order valence-electron chi connectivity index (χ0n) is 13.8. The molecule has 1 aliphatic heterocycles. The molecule has 3 rings (SSSR count). The van der Waals surface area contributed by atoms with E-state index in [-0.39, 0.29) is 5.91 Å². The zero-order chi connectivity index (χ0) is 16.6. The standard InChI is InChI=1S/C18H22N2O3/c1-18(2,3)23-17(22)20-12-15(13-8-4-5-9-14(13)20)19-11-7-6-10-16(19)21/h4-5,8-9,12H,6-7,10-11H2,1-3H3. The molecule has 0 N–H and O–H groups in total. The summed E-state index contributed by atoms with van der Waals surface area (Å²) in [5.41, 5.74) is 0.982. The number of hydrogen-bond acceptors (Lipinski definition) is 3. The van der Waals surface area contributed by atoms with Crippen molar-refractivity contribution < 1.29 is 14.3 Å².